The van der Waals surface area contributed by atoms with Gasteiger partial charge in [-0.2, -0.15) is 0 Å². The van der Waals surface area contributed by atoms with Gasteiger partial charge in [0.15, 0.2) is 17.9 Å². The zero-order valence-electron chi connectivity index (χ0n) is 11.6. The smallest absolute Gasteiger partial charge is 0.173 e. The zero-order chi connectivity index (χ0) is 15.7. The third kappa shape index (κ3) is 2.14. The highest BCUT2D eigenvalue weighted by Gasteiger charge is 2.17. The lowest BCUT2D eigenvalue weighted by atomic mass is 10.00. The van der Waals surface area contributed by atoms with Crippen LogP contribution in [-0.2, 0) is 0 Å². The highest BCUT2D eigenvalue weighted by atomic mass is 19.1. The molecule has 0 aliphatic heterocycles. The van der Waals surface area contributed by atoms with Crippen LogP contribution < -0.4 is 4.74 Å². The number of phenols is 1. The van der Waals surface area contributed by atoms with Crippen LogP contribution in [0.15, 0.2) is 36.7 Å². The molecule has 0 amide bonds. The summed E-state index contributed by atoms with van der Waals surface area (Å²) >= 11 is 0. The molecule has 5 nitrogen and oxygen atoms in total. The lowest BCUT2D eigenvalue weighted by Crippen LogP contribution is -1.96. The van der Waals surface area contributed by atoms with Gasteiger partial charge in [0.1, 0.15) is 5.75 Å². The Morgan fingerprint density at radius 3 is 2.55 bits per heavy atom. The van der Waals surface area contributed by atoms with Gasteiger partial charge in [-0.05, 0) is 12.1 Å². The molecule has 1 heterocycles. The van der Waals surface area contributed by atoms with E-state index in [1.807, 2.05) is 0 Å². The van der Waals surface area contributed by atoms with Gasteiger partial charge in [0, 0.05) is 35.2 Å². The molecule has 2 aromatic carbocycles. The minimum Gasteiger partial charge on any atom is -0.508 e. The summed E-state index contributed by atoms with van der Waals surface area (Å²) < 4.78 is 19.4. The molecule has 0 radical (unpaired) electrons. The third-order valence-electron chi connectivity index (χ3n) is 3.32. The molecule has 6 heteroatoms. The van der Waals surface area contributed by atoms with Crippen LogP contribution in [0, 0.1) is 5.82 Å². The Labute approximate surface area is 125 Å². The second kappa shape index (κ2) is 5.40. The number of aromatic hydroxyl groups is 1. The van der Waals surface area contributed by atoms with E-state index in [9.17, 15) is 14.3 Å². The van der Waals surface area contributed by atoms with Gasteiger partial charge in [-0.25, -0.2) is 4.39 Å². The number of fused-ring (bicyclic) bond motifs is 1. The molecule has 0 bridgehead atoms. The van der Waals surface area contributed by atoms with Crippen molar-refractivity contribution in [2.45, 2.75) is 0 Å². The standard InChI is InChI=1S/C16H11FN2O3/c1-22-13-7-10(21)6-12(14(13)17)11-3-2-9(8-20)15-16(11)19-5-4-18-15/h2-8,21H,1H3. The van der Waals surface area contributed by atoms with Crippen LogP contribution in [0.3, 0.4) is 0 Å². The van der Waals surface area contributed by atoms with Gasteiger partial charge < -0.3 is 9.84 Å². The maximum Gasteiger partial charge on any atom is 0.173 e. The molecule has 0 saturated carbocycles. The molecular formula is C16H11FN2O3. The van der Waals surface area contributed by atoms with E-state index in [-0.39, 0.29) is 17.1 Å². The Balaban J connectivity index is 2.37. The number of halogens is 1. The van der Waals surface area contributed by atoms with Crippen molar-refractivity contribution in [2.75, 3.05) is 7.11 Å². The number of aldehydes is 1. The van der Waals surface area contributed by atoms with Gasteiger partial charge in [0.2, 0.25) is 0 Å². The Morgan fingerprint density at radius 2 is 1.86 bits per heavy atom. The lowest BCUT2D eigenvalue weighted by Gasteiger charge is -2.11. The first-order chi connectivity index (χ1) is 10.7. The predicted octanol–water partition coefficient (Wildman–Crippen LogP) is 2.96. The van der Waals surface area contributed by atoms with Crippen LogP contribution >= 0.6 is 0 Å². The topological polar surface area (TPSA) is 72.3 Å². The monoisotopic (exact) mass is 298 g/mol. The fraction of sp³-hybridized carbons (Fsp3) is 0.0625. The predicted molar refractivity (Wildman–Crippen MR) is 78.5 cm³/mol. The van der Waals surface area contributed by atoms with Crippen LogP contribution in [0.2, 0.25) is 0 Å². The first kappa shape index (κ1) is 13.9. The maximum absolute atomic E-state index is 14.5. The molecule has 1 aromatic heterocycles. The number of rotatable bonds is 3. The van der Waals surface area contributed by atoms with Crippen molar-refractivity contribution in [3.05, 3.63) is 48.0 Å². The lowest BCUT2D eigenvalue weighted by molar-refractivity contribution is 0.112. The number of phenolic OH excluding ortho intramolecular Hbond substituents is 1. The van der Waals surface area contributed by atoms with Crippen molar-refractivity contribution < 1.29 is 19.0 Å². The Kier molecular flexibility index (Phi) is 3.42. The second-order valence-corrected chi connectivity index (χ2v) is 4.58. The van der Waals surface area contributed by atoms with E-state index in [0.29, 0.717) is 28.4 Å². The molecule has 0 unspecified atom stereocenters. The van der Waals surface area contributed by atoms with Crippen LogP contribution in [-0.4, -0.2) is 28.5 Å². The molecule has 3 rings (SSSR count). The molecule has 0 fully saturated rings. The highest BCUT2D eigenvalue weighted by Crippen LogP contribution is 2.36. The summed E-state index contributed by atoms with van der Waals surface area (Å²) in [7, 11) is 1.31. The van der Waals surface area contributed by atoms with E-state index in [0.717, 1.165) is 0 Å². The first-order valence-electron chi connectivity index (χ1n) is 6.41. The van der Waals surface area contributed by atoms with E-state index >= 15 is 0 Å². The van der Waals surface area contributed by atoms with Gasteiger partial charge in [-0.1, -0.05) is 6.07 Å². The Bertz CT molecular complexity index is 881. The molecule has 1 N–H and O–H groups in total. The largest absolute Gasteiger partial charge is 0.508 e. The molecule has 22 heavy (non-hydrogen) atoms. The van der Waals surface area contributed by atoms with Crippen LogP contribution in [0.1, 0.15) is 10.4 Å². The van der Waals surface area contributed by atoms with Crippen molar-refractivity contribution in [2.24, 2.45) is 0 Å². The number of methoxy groups -OCH3 is 1. The summed E-state index contributed by atoms with van der Waals surface area (Å²) in [6.45, 7) is 0. The maximum atomic E-state index is 14.5. The van der Waals surface area contributed by atoms with E-state index in [2.05, 4.69) is 9.97 Å². The normalized spacial score (nSPS) is 10.6. The molecular weight excluding hydrogens is 287 g/mol. The zero-order valence-corrected chi connectivity index (χ0v) is 11.6. The van der Waals surface area contributed by atoms with Crippen molar-refractivity contribution in [1.29, 1.82) is 0 Å². The van der Waals surface area contributed by atoms with Gasteiger partial charge in [0.25, 0.3) is 0 Å². The van der Waals surface area contributed by atoms with Crippen molar-refractivity contribution in [1.82, 2.24) is 9.97 Å². The average Bonchev–Trinajstić information content (AvgIpc) is 2.55. The van der Waals surface area contributed by atoms with Crippen LogP contribution in [0.25, 0.3) is 22.2 Å². The number of benzene rings is 2. The summed E-state index contributed by atoms with van der Waals surface area (Å²) in [5.74, 6) is -0.831. The minimum atomic E-state index is -0.619. The Hall–Kier alpha value is -3.02. The van der Waals surface area contributed by atoms with E-state index in [1.165, 1.54) is 37.7 Å². The fourth-order valence-corrected chi connectivity index (χ4v) is 2.32. The Morgan fingerprint density at radius 1 is 1.14 bits per heavy atom. The molecule has 0 saturated heterocycles. The summed E-state index contributed by atoms with van der Waals surface area (Å²) in [6, 6.07) is 5.57. The number of nitrogens with zero attached hydrogens (tertiary/aromatic N) is 2. The average molecular weight is 298 g/mol. The third-order valence-corrected chi connectivity index (χ3v) is 3.32. The molecule has 3 aromatic rings. The van der Waals surface area contributed by atoms with E-state index < -0.39 is 5.82 Å². The van der Waals surface area contributed by atoms with Gasteiger partial charge in [-0.15, -0.1) is 0 Å². The quantitative estimate of drug-likeness (QED) is 0.753. The summed E-state index contributed by atoms with van der Waals surface area (Å²) in [5, 5.41) is 9.74. The van der Waals surface area contributed by atoms with Crippen LogP contribution in [0.4, 0.5) is 4.39 Å². The summed E-state index contributed by atoms with van der Waals surface area (Å²) in [4.78, 5) is 19.4. The van der Waals surface area contributed by atoms with Gasteiger partial charge >= 0.3 is 0 Å². The van der Waals surface area contributed by atoms with Crippen molar-refractivity contribution in [3.63, 3.8) is 0 Å². The van der Waals surface area contributed by atoms with E-state index in [4.69, 9.17) is 4.74 Å². The van der Waals surface area contributed by atoms with E-state index in [1.54, 1.807) is 6.07 Å². The van der Waals surface area contributed by atoms with Gasteiger partial charge in [0.05, 0.1) is 18.1 Å². The molecule has 110 valence electrons. The summed E-state index contributed by atoms with van der Waals surface area (Å²) in [5.41, 5.74) is 1.65. The number of aromatic nitrogens is 2. The molecule has 0 aliphatic rings. The van der Waals surface area contributed by atoms with Crippen molar-refractivity contribution in [3.8, 4) is 22.6 Å². The van der Waals surface area contributed by atoms with Crippen LogP contribution in [0.5, 0.6) is 11.5 Å². The molecule has 0 aliphatic carbocycles. The number of carbonyl (C=O) groups excluding carboxylic acids is 1. The fourth-order valence-electron chi connectivity index (χ4n) is 2.32. The van der Waals surface area contributed by atoms with Gasteiger partial charge in [-0.3, -0.25) is 14.8 Å². The second-order valence-electron chi connectivity index (χ2n) is 4.58. The SMILES string of the molecule is COc1cc(O)cc(-c2ccc(C=O)c3nccnc23)c1F. The van der Waals surface area contributed by atoms with Crippen molar-refractivity contribution >= 4 is 17.3 Å². The number of hydrogen-bond donors (Lipinski definition) is 1. The molecule has 0 atom stereocenters. The number of ether oxygens (including phenoxy) is 1. The summed E-state index contributed by atoms with van der Waals surface area (Å²) in [6.07, 6.45) is 3.58. The number of hydrogen-bond acceptors (Lipinski definition) is 5. The first-order valence-corrected chi connectivity index (χ1v) is 6.41. The highest BCUT2D eigenvalue weighted by molar-refractivity contribution is 6.01. The number of carbonyl (C=O) groups is 1. The molecule has 0 spiro atoms. The minimum absolute atomic E-state index is 0.0773.